The fourth-order valence-corrected chi connectivity index (χ4v) is 3.42. The van der Waals surface area contributed by atoms with Gasteiger partial charge in [0.15, 0.2) is 0 Å². The first-order valence-electron chi connectivity index (χ1n) is 9.04. The molecular formula is C22H20ClN3O2. The van der Waals surface area contributed by atoms with E-state index in [4.69, 9.17) is 16.3 Å². The van der Waals surface area contributed by atoms with Crippen molar-refractivity contribution in [2.45, 2.75) is 18.9 Å². The summed E-state index contributed by atoms with van der Waals surface area (Å²) in [6.45, 7) is 0. The Bertz CT molecular complexity index is 1090. The minimum Gasteiger partial charge on any atom is -0.481 e. The van der Waals surface area contributed by atoms with Crippen LogP contribution in [0, 0.1) is 0 Å². The molecular weight excluding hydrogens is 374 g/mol. The molecule has 1 aromatic carbocycles. The van der Waals surface area contributed by atoms with Crippen LogP contribution in [-0.2, 0) is 12.8 Å². The molecule has 28 heavy (non-hydrogen) atoms. The van der Waals surface area contributed by atoms with Crippen LogP contribution >= 0.6 is 11.6 Å². The number of hydrogen-bond donors (Lipinski definition) is 2. The molecule has 0 fully saturated rings. The van der Waals surface area contributed by atoms with E-state index < -0.39 is 6.10 Å². The molecule has 1 atom stereocenters. The normalized spacial score (nSPS) is 12.2. The zero-order chi connectivity index (χ0) is 19.5. The summed E-state index contributed by atoms with van der Waals surface area (Å²) >= 11 is 5.94. The number of aliphatic hydroxyl groups excluding tert-OH is 1. The summed E-state index contributed by atoms with van der Waals surface area (Å²) in [7, 11) is 1.57. The number of ether oxygens (including phenoxy) is 1. The first kappa shape index (κ1) is 18.5. The van der Waals surface area contributed by atoms with Crippen LogP contribution in [0.15, 0.2) is 60.9 Å². The third-order valence-electron chi connectivity index (χ3n) is 4.80. The number of aryl methyl sites for hydroxylation is 2. The summed E-state index contributed by atoms with van der Waals surface area (Å²) in [5.74, 6) is 0.430. The fourth-order valence-electron chi connectivity index (χ4n) is 3.29. The third-order valence-corrected chi connectivity index (χ3v) is 5.05. The van der Waals surface area contributed by atoms with Gasteiger partial charge >= 0.3 is 0 Å². The summed E-state index contributed by atoms with van der Waals surface area (Å²) in [4.78, 5) is 12.0. The number of fused-ring (bicyclic) bond motifs is 1. The lowest BCUT2D eigenvalue weighted by atomic mass is 10.0. The van der Waals surface area contributed by atoms with Gasteiger partial charge in [-0.15, -0.1) is 0 Å². The lowest BCUT2D eigenvalue weighted by Gasteiger charge is -2.15. The number of aliphatic hydroxyl groups is 1. The zero-order valence-electron chi connectivity index (χ0n) is 15.4. The lowest BCUT2D eigenvalue weighted by molar-refractivity contribution is 0.214. The van der Waals surface area contributed by atoms with E-state index in [1.807, 2.05) is 48.5 Å². The number of rotatable bonds is 6. The summed E-state index contributed by atoms with van der Waals surface area (Å²) in [6.07, 6.45) is 4.25. The van der Waals surface area contributed by atoms with Gasteiger partial charge in [-0.3, -0.25) is 0 Å². The first-order chi connectivity index (χ1) is 13.7. The van der Waals surface area contributed by atoms with E-state index in [0.717, 1.165) is 40.2 Å². The molecule has 3 aromatic heterocycles. The van der Waals surface area contributed by atoms with E-state index in [1.165, 1.54) is 5.56 Å². The van der Waals surface area contributed by atoms with Crippen molar-refractivity contribution in [2.75, 3.05) is 7.11 Å². The van der Waals surface area contributed by atoms with Crippen molar-refractivity contribution in [3.8, 4) is 5.88 Å². The van der Waals surface area contributed by atoms with Gasteiger partial charge in [0.1, 0.15) is 11.8 Å². The fraction of sp³-hybridized carbons (Fsp3) is 0.182. The Morgan fingerprint density at radius 3 is 2.68 bits per heavy atom. The van der Waals surface area contributed by atoms with E-state index in [2.05, 4.69) is 15.0 Å². The summed E-state index contributed by atoms with van der Waals surface area (Å²) < 4.78 is 5.47. The zero-order valence-corrected chi connectivity index (χ0v) is 16.1. The van der Waals surface area contributed by atoms with E-state index >= 15 is 0 Å². The minimum atomic E-state index is -0.856. The van der Waals surface area contributed by atoms with Crippen molar-refractivity contribution in [3.63, 3.8) is 0 Å². The molecule has 0 bridgehead atoms. The van der Waals surface area contributed by atoms with E-state index in [-0.39, 0.29) is 0 Å². The Labute approximate surface area is 168 Å². The average molecular weight is 394 g/mol. The predicted octanol–water partition coefficient (Wildman–Crippen LogP) is 4.49. The van der Waals surface area contributed by atoms with Crippen molar-refractivity contribution < 1.29 is 9.84 Å². The highest BCUT2D eigenvalue weighted by molar-refractivity contribution is 6.30. The van der Waals surface area contributed by atoms with E-state index in [1.54, 1.807) is 19.5 Å². The molecule has 0 spiro atoms. The lowest BCUT2D eigenvalue weighted by Crippen LogP contribution is -2.05. The smallest absolute Gasteiger partial charge is 0.219 e. The first-order valence-corrected chi connectivity index (χ1v) is 9.42. The highest BCUT2D eigenvalue weighted by atomic mass is 35.5. The Balaban J connectivity index is 1.57. The minimum absolute atomic E-state index is 0.430. The molecule has 0 aliphatic rings. The maximum atomic E-state index is 10.9. The van der Waals surface area contributed by atoms with Crippen molar-refractivity contribution in [2.24, 2.45) is 0 Å². The van der Waals surface area contributed by atoms with Gasteiger partial charge in [-0.1, -0.05) is 23.7 Å². The average Bonchev–Trinajstić information content (AvgIpc) is 3.17. The maximum absolute atomic E-state index is 10.9. The second-order valence-electron chi connectivity index (χ2n) is 6.57. The monoisotopic (exact) mass is 393 g/mol. The molecule has 0 aliphatic heterocycles. The van der Waals surface area contributed by atoms with Crippen molar-refractivity contribution in [1.82, 2.24) is 15.0 Å². The second-order valence-corrected chi connectivity index (χ2v) is 7.01. The topological polar surface area (TPSA) is 71.0 Å². The summed E-state index contributed by atoms with van der Waals surface area (Å²) in [5, 5.41) is 12.5. The molecule has 0 saturated carbocycles. The number of aromatic amines is 1. The third kappa shape index (κ3) is 3.72. The Hall–Kier alpha value is -2.89. The van der Waals surface area contributed by atoms with Crippen molar-refractivity contribution in [3.05, 3.63) is 88.3 Å². The number of halogens is 1. The SMILES string of the molecule is COc1nc(CCc2ccc(Cl)cc2)ccc1C(O)c1c[nH]c2ncccc12. The van der Waals surface area contributed by atoms with Gasteiger partial charge in [-0.2, -0.15) is 0 Å². The van der Waals surface area contributed by atoms with Crippen LogP contribution in [0.3, 0.4) is 0 Å². The molecule has 4 aromatic rings. The van der Waals surface area contributed by atoms with Crippen LogP contribution in [0.4, 0.5) is 0 Å². The highest BCUT2D eigenvalue weighted by Crippen LogP contribution is 2.32. The second kappa shape index (κ2) is 8.00. The van der Waals surface area contributed by atoms with Crippen LogP contribution in [0.5, 0.6) is 5.88 Å². The Morgan fingerprint density at radius 2 is 1.89 bits per heavy atom. The predicted molar refractivity (Wildman–Crippen MR) is 110 cm³/mol. The number of nitrogens with zero attached hydrogens (tertiary/aromatic N) is 2. The molecule has 0 saturated heterocycles. The van der Waals surface area contributed by atoms with Crippen molar-refractivity contribution >= 4 is 22.6 Å². The molecule has 0 radical (unpaired) electrons. The standard InChI is InChI=1S/C22H20ClN3O2/c1-28-22-18(20(27)19-13-25-21-17(19)3-2-12-24-21)11-10-16(26-22)9-6-14-4-7-15(23)8-5-14/h2-5,7-8,10-13,20,27H,6,9H2,1H3,(H,24,25). The van der Waals surface area contributed by atoms with Gasteiger partial charge in [0, 0.05) is 39.6 Å². The molecule has 3 heterocycles. The van der Waals surface area contributed by atoms with Crippen LogP contribution in [-0.4, -0.2) is 27.2 Å². The molecule has 142 valence electrons. The molecule has 1 unspecified atom stereocenters. The molecule has 5 nitrogen and oxygen atoms in total. The number of benzene rings is 1. The molecule has 2 N–H and O–H groups in total. The van der Waals surface area contributed by atoms with Gasteiger partial charge in [0.05, 0.1) is 7.11 Å². The molecule has 4 rings (SSSR count). The maximum Gasteiger partial charge on any atom is 0.219 e. The summed E-state index contributed by atoms with van der Waals surface area (Å²) in [5.41, 5.74) is 4.21. The van der Waals surface area contributed by atoms with Gasteiger partial charge < -0.3 is 14.8 Å². The Morgan fingerprint density at radius 1 is 1.07 bits per heavy atom. The quantitative estimate of drug-likeness (QED) is 0.506. The van der Waals surface area contributed by atoms with Crippen LogP contribution in [0.1, 0.15) is 28.5 Å². The molecule has 6 heteroatoms. The van der Waals surface area contributed by atoms with Gasteiger partial charge in [-0.25, -0.2) is 9.97 Å². The van der Waals surface area contributed by atoms with E-state index in [0.29, 0.717) is 11.4 Å². The molecule has 0 amide bonds. The number of hydrogen-bond acceptors (Lipinski definition) is 4. The highest BCUT2D eigenvalue weighted by Gasteiger charge is 2.20. The van der Waals surface area contributed by atoms with Gasteiger partial charge in [0.2, 0.25) is 5.88 Å². The van der Waals surface area contributed by atoms with Crippen LogP contribution in [0.25, 0.3) is 11.0 Å². The number of methoxy groups -OCH3 is 1. The largest absolute Gasteiger partial charge is 0.481 e. The van der Waals surface area contributed by atoms with Crippen molar-refractivity contribution in [1.29, 1.82) is 0 Å². The number of nitrogens with one attached hydrogen (secondary N) is 1. The van der Waals surface area contributed by atoms with Gasteiger partial charge in [-0.05, 0) is 54.8 Å². The number of H-pyrrole nitrogens is 1. The van der Waals surface area contributed by atoms with E-state index in [9.17, 15) is 5.11 Å². The van der Waals surface area contributed by atoms with Crippen LogP contribution < -0.4 is 4.74 Å². The van der Waals surface area contributed by atoms with Crippen LogP contribution in [0.2, 0.25) is 5.02 Å². The Kier molecular flexibility index (Phi) is 5.28. The number of aromatic nitrogens is 3. The van der Waals surface area contributed by atoms with Gasteiger partial charge in [0.25, 0.3) is 0 Å². The summed E-state index contributed by atoms with van der Waals surface area (Å²) in [6, 6.07) is 15.4. The number of pyridine rings is 2. The molecule has 0 aliphatic carbocycles.